The van der Waals surface area contributed by atoms with Gasteiger partial charge < -0.3 is 14.8 Å². The number of carbonyl (C=O) groups excluding carboxylic acids is 2. The second-order valence-corrected chi connectivity index (χ2v) is 5.87. The van der Waals surface area contributed by atoms with Crippen LogP contribution >= 0.6 is 23.2 Å². The van der Waals surface area contributed by atoms with Crippen molar-refractivity contribution in [2.45, 2.75) is 31.4 Å². The zero-order chi connectivity index (χ0) is 16.1. The van der Waals surface area contributed by atoms with Crippen LogP contribution in [-0.4, -0.2) is 37.7 Å². The zero-order valence-corrected chi connectivity index (χ0v) is 13.6. The zero-order valence-electron chi connectivity index (χ0n) is 12.1. The molecular weight excluding hydrogens is 329 g/mol. The lowest BCUT2D eigenvalue weighted by Crippen LogP contribution is -2.47. The summed E-state index contributed by atoms with van der Waals surface area (Å²) in [7, 11) is 1.27. The smallest absolute Gasteiger partial charge is 0.328 e. The summed E-state index contributed by atoms with van der Waals surface area (Å²) in [6.45, 7) is 0.560. The molecule has 1 aliphatic rings. The predicted octanol–water partition coefficient (Wildman–Crippen LogP) is 2.37. The first kappa shape index (κ1) is 17.1. The van der Waals surface area contributed by atoms with Gasteiger partial charge in [-0.2, -0.15) is 0 Å². The van der Waals surface area contributed by atoms with Crippen molar-refractivity contribution in [2.75, 3.05) is 13.7 Å². The monoisotopic (exact) mass is 345 g/mol. The van der Waals surface area contributed by atoms with E-state index in [1.165, 1.54) is 7.11 Å². The van der Waals surface area contributed by atoms with Gasteiger partial charge in [0.1, 0.15) is 12.1 Å². The quantitative estimate of drug-likeness (QED) is 0.832. The Balaban J connectivity index is 2.08. The van der Waals surface area contributed by atoms with E-state index in [4.69, 9.17) is 32.7 Å². The Hall–Kier alpha value is -1.30. The van der Waals surface area contributed by atoms with Gasteiger partial charge in [0.15, 0.2) is 0 Å². The van der Waals surface area contributed by atoms with Crippen LogP contribution in [0.5, 0.6) is 0 Å². The van der Waals surface area contributed by atoms with Gasteiger partial charge in [-0.05, 0) is 30.5 Å². The van der Waals surface area contributed by atoms with Gasteiger partial charge in [-0.3, -0.25) is 4.79 Å². The summed E-state index contributed by atoms with van der Waals surface area (Å²) in [6, 6.07) is 4.17. The minimum atomic E-state index is -0.819. The fourth-order valence-corrected chi connectivity index (χ4v) is 2.78. The maximum Gasteiger partial charge on any atom is 0.328 e. The Morgan fingerprint density at radius 3 is 2.82 bits per heavy atom. The average Bonchev–Trinajstić information content (AvgIpc) is 3.02. The van der Waals surface area contributed by atoms with E-state index in [1.807, 2.05) is 0 Å². The highest BCUT2D eigenvalue weighted by Gasteiger charge is 2.29. The molecule has 1 amide bonds. The van der Waals surface area contributed by atoms with Crippen molar-refractivity contribution in [3.8, 4) is 0 Å². The standard InChI is InChI=1S/C15H17Cl2NO4/c1-21-15(20)12(18-14(19)13-3-2-6-22-13)7-9-4-5-10(16)8-11(9)17/h4-5,8,12-13H,2-3,6-7H2,1H3,(H,18,19)/t12-,13+/m0/s1. The van der Waals surface area contributed by atoms with Gasteiger partial charge in [-0.15, -0.1) is 0 Å². The topological polar surface area (TPSA) is 64.6 Å². The number of halogens is 2. The van der Waals surface area contributed by atoms with E-state index in [0.29, 0.717) is 28.6 Å². The first-order valence-corrected chi connectivity index (χ1v) is 7.70. The van der Waals surface area contributed by atoms with Crippen LogP contribution in [0.1, 0.15) is 18.4 Å². The van der Waals surface area contributed by atoms with Crippen molar-refractivity contribution in [3.05, 3.63) is 33.8 Å². The summed E-state index contributed by atoms with van der Waals surface area (Å²) in [5.41, 5.74) is 0.703. The van der Waals surface area contributed by atoms with Crippen LogP contribution in [0.4, 0.5) is 0 Å². The van der Waals surface area contributed by atoms with Crippen molar-refractivity contribution in [1.29, 1.82) is 0 Å². The van der Waals surface area contributed by atoms with E-state index in [1.54, 1.807) is 18.2 Å². The van der Waals surface area contributed by atoms with Gasteiger partial charge >= 0.3 is 5.97 Å². The average molecular weight is 346 g/mol. The van der Waals surface area contributed by atoms with Crippen molar-refractivity contribution in [2.24, 2.45) is 0 Å². The maximum atomic E-state index is 12.1. The molecule has 120 valence electrons. The summed E-state index contributed by atoms with van der Waals surface area (Å²) in [5, 5.41) is 3.61. The van der Waals surface area contributed by atoms with E-state index >= 15 is 0 Å². The number of ether oxygens (including phenoxy) is 2. The predicted molar refractivity (Wildman–Crippen MR) is 83.1 cm³/mol. The fourth-order valence-electron chi connectivity index (χ4n) is 2.29. The summed E-state index contributed by atoms with van der Waals surface area (Å²) in [6.07, 6.45) is 1.21. The van der Waals surface area contributed by atoms with Crippen LogP contribution in [0.25, 0.3) is 0 Å². The Labute approximate surface area is 138 Å². The second kappa shape index (κ2) is 7.81. The Kier molecular flexibility index (Phi) is 6.06. The van der Waals surface area contributed by atoms with E-state index in [-0.39, 0.29) is 12.3 Å². The van der Waals surface area contributed by atoms with Crippen LogP contribution in [0.15, 0.2) is 18.2 Å². The minimum absolute atomic E-state index is 0.223. The molecular formula is C15H17Cl2NO4. The molecule has 1 fully saturated rings. The van der Waals surface area contributed by atoms with Gasteiger partial charge in [0, 0.05) is 23.1 Å². The first-order valence-electron chi connectivity index (χ1n) is 6.95. The van der Waals surface area contributed by atoms with Crippen LogP contribution in [0, 0.1) is 0 Å². The summed E-state index contributed by atoms with van der Waals surface area (Å²) in [5.74, 6) is -0.838. The summed E-state index contributed by atoms with van der Waals surface area (Å²) >= 11 is 12.0. The van der Waals surface area contributed by atoms with Crippen molar-refractivity contribution < 1.29 is 19.1 Å². The molecule has 1 N–H and O–H groups in total. The highest BCUT2D eigenvalue weighted by molar-refractivity contribution is 6.35. The normalized spacial score (nSPS) is 18.8. The van der Waals surface area contributed by atoms with E-state index in [0.717, 1.165) is 6.42 Å². The molecule has 0 bridgehead atoms. The molecule has 0 saturated carbocycles. The molecule has 2 rings (SSSR count). The molecule has 0 aromatic heterocycles. The molecule has 0 unspecified atom stereocenters. The lowest BCUT2D eigenvalue weighted by Gasteiger charge is -2.19. The Morgan fingerprint density at radius 2 is 2.23 bits per heavy atom. The molecule has 1 aliphatic heterocycles. The molecule has 1 aromatic carbocycles. The van der Waals surface area contributed by atoms with Gasteiger partial charge in [0.2, 0.25) is 5.91 Å². The molecule has 1 saturated heterocycles. The number of rotatable bonds is 5. The number of carbonyl (C=O) groups is 2. The minimum Gasteiger partial charge on any atom is -0.467 e. The molecule has 1 heterocycles. The molecule has 7 heteroatoms. The molecule has 0 aliphatic carbocycles. The molecule has 22 heavy (non-hydrogen) atoms. The van der Waals surface area contributed by atoms with Crippen LogP contribution in [0.3, 0.4) is 0 Å². The van der Waals surface area contributed by atoms with Gasteiger partial charge in [-0.25, -0.2) is 4.79 Å². The van der Waals surface area contributed by atoms with E-state index in [2.05, 4.69) is 5.32 Å². The number of benzene rings is 1. The SMILES string of the molecule is COC(=O)[C@H](Cc1ccc(Cl)cc1Cl)NC(=O)[C@H]1CCCO1. The largest absolute Gasteiger partial charge is 0.467 e. The number of esters is 1. The van der Waals surface area contributed by atoms with Crippen molar-refractivity contribution in [1.82, 2.24) is 5.32 Å². The Bertz CT molecular complexity index is 558. The van der Waals surface area contributed by atoms with Gasteiger partial charge in [0.05, 0.1) is 7.11 Å². The number of nitrogens with one attached hydrogen (secondary N) is 1. The summed E-state index contributed by atoms with van der Waals surface area (Å²) in [4.78, 5) is 24.0. The lowest BCUT2D eigenvalue weighted by molar-refractivity contribution is -0.146. The van der Waals surface area contributed by atoms with E-state index in [9.17, 15) is 9.59 Å². The third-order valence-electron chi connectivity index (χ3n) is 3.46. The Morgan fingerprint density at radius 1 is 1.45 bits per heavy atom. The second-order valence-electron chi connectivity index (χ2n) is 5.03. The highest BCUT2D eigenvalue weighted by Crippen LogP contribution is 2.22. The number of hydrogen-bond donors (Lipinski definition) is 1. The molecule has 2 atom stereocenters. The third-order valence-corrected chi connectivity index (χ3v) is 4.05. The van der Waals surface area contributed by atoms with Crippen LogP contribution < -0.4 is 5.32 Å². The molecule has 0 radical (unpaired) electrons. The van der Waals surface area contributed by atoms with Crippen LogP contribution in [-0.2, 0) is 25.5 Å². The van der Waals surface area contributed by atoms with Gasteiger partial charge in [-0.1, -0.05) is 29.3 Å². The highest BCUT2D eigenvalue weighted by atomic mass is 35.5. The third kappa shape index (κ3) is 4.35. The number of amides is 1. The molecule has 5 nitrogen and oxygen atoms in total. The molecule has 0 spiro atoms. The van der Waals surface area contributed by atoms with Crippen molar-refractivity contribution >= 4 is 35.1 Å². The van der Waals surface area contributed by atoms with Gasteiger partial charge in [0.25, 0.3) is 0 Å². The lowest BCUT2D eigenvalue weighted by atomic mass is 10.1. The number of methoxy groups -OCH3 is 1. The van der Waals surface area contributed by atoms with Crippen molar-refractivity contribution in [3.63, 3.8) is 0 Å². The number of hydrogen-bond acceptors (Lipinski definition) is 4. The summed E-state index contributed by atoms with van der Waals surface area (Å²) < 4.78 is 10.1. The van der Waals surface area contributed by atoms with E-state index < -0.39 is 18.1 Å². The first-order chi connectivity index (χ1) is 10.5. The maximum absolute atomic E-state index is 12.1. The van der Waals surface area contributed by atoms with Crippen LogP contribution in [0.2, 0.25) is 10.0 Å². The molecule has 1 aromatic rings. The fraction of sp³-hybridized carbons (Fsp3) is 0.467.